The van der Waals surface area contributed by atoms with Crippen LogP contribution < -0.4 is 11.1 Å². The Morgan fingerprint density at radius 2 is 2.00 bits per heavy atom. The van der Waals surface area contributed by atoms with Gasteiger partial charge in [-0.3, -0.25) is 0 Å². The molecule has 1 aliphatic rings. The third-order valence-electron chi connectivity index (χ3n) is 3.03. The van der Waals surface area contributed by atoms with E-state index in [1.54, 1.807) is 0 Å². The Morgan fingerprint density at radius 3 is 2.47 bits per heavy atom. The summed E-state index contributed by atoms with van der Waals surface area (Å²) in [5.74, 6) is 0.747. The first-order chi connectivity index (χ1) is 6.94. The van der Waals surface area contributed by atoms with Gasteiger partial charge in [0.15, 0.2) is 0 Å². The number of hydrogen-bond acceptors (Lipinski definition) is 2. The van der Waals surface area contributed by atoms with Gasteiger partial charge in [-0.1, -0.05) is 6.92 Å². The molecule has 0 aliphatic carbocycles. The van der Waals surface area contributed by atoms with Crippen molar-refractivity contribution < 1.29 is 4.79 Å². The monoisotopic (exact) mass is 213 g/mol. The molecule has 1 heterocycles. The van der Waals surface area contributed by atoms with Crippen molar-refractivity contribution in [3.8, 4) is 0 Å². The number of nitrogens with zero attached hydrogens (tertiary/aromatic N) is 1. The van der Waals surface area contributed by atoms with Crippen molar-refractivity contribution >= 4 is 6.03 Å². The summed E-state index contributed by atoms with van der Waals surface area (Å²) in [7, 11) is 0. The van der Waals surface area contributed by atoms with Crippen molar-refractivity contribution in [3.63, 3.8) is 0 Å². The summed E-state index contributed by atoms with van der Waals surface area (Å²) in [6.45, 7) is 8.32. The maximum absolute atomic E-state index is 11.8. The molecule has 0 atom stereocenters. The van der Waals surface area contributed by atoms with E-state index in [0.717, 1.165) is 31.8 Å². The van der Waals surface area contributed by atoms with Crippen LogP contribution in [-0.4, -0.2) is 36.1 Å². The lowest BCUT2D eigenvalue weighted by Crippen LogP contribution is -2.54. The fraction of sp³-hybridized carbons (Fsp3) is 0.909. The van der Waals surface area contributed by atoms with Gasteiger partial charge in [0.1, 0.15) is 0 Å². The minimum absolute atomic E-state index is 0.0253. The standard InChI is InChI=1S/C11H23N3O/c1-9-4-6-14(7-5-9)10(15)13-11(2,3)8-12/h9H,4-8,12H2,1-3H3,(H,13,15). The largest absolute Gasteiger partial charge is 0.332 e. The molecule has 0 radical (unpaired) electrons. The number of piperidine rings is 1. The summed E-state index contributed by atoms with van der Waals surface area (Å²) in [4.78, 5) is 13.7. The van der Waals surface area contributed by atoms with Crippen molar-refractivity contribution in [1.82, 2.24) is 10.2 Å². The van der Waals surface area contributed by atoms with Gasteiger partial charge < -0.3 is 16.0 Å². The molecule has 4 nitrogen and oxygen atoms in total. The van der Waals surface area contributed by atoms with Crippen molar-refractivity contribution in [3.05, 3.63) is 0 Å². The second-order valence-electron chi connectivity index (χ2n) is 5.19. The number of likely N-dealkylation sites (tertiary alicyclic amines) is 1. The number of rotatable bonds is 2. The third-order valence-corrected chi connectivity index (χ3v) is 3.03. The van der Waals surface area contributed by atoms with Gasteiger partial charge in [0.05, 0.1) is 0 Å². The summed E-state index contributed by atoms with van der Waals surface area (Å²) in [6, 6.07) is 0.0253. The van der Waals surface area contributed by atoms with Gasteiger partial charge >= 0.3 is 6.03 Å². The smallest absolute Gasteiger partial charge is 0.317 e. The van der Waals surface area contributed by atoms with Crippen LogP contribution in [0.3, 0.4) is 0 Å². The van der Waals surface area contributed by atoms with E-state index in [-0.39, 0.29) is 11.6 Å². The Balaban J connectivity index is 2.41. The van der Waals surface area contributed by atoms with Crippen LogP contribution in [0.2, 0.25) is 0 Å². The Hall–Kier alpha value is -0.770. The SMILES string of the molecule is CC1CCN(C(=O)NC(C)(C)CN)CC1. The minimum Gasteiger partial charge on any atom is -0.332 e. The highest BCUT2D eigenvalue weighted by Crippen LogP contribution is 2.16. The Morgan fingerprint density at radius 1 is 1.47 bits per heavy atom. The minimum atomic E-state index is -0.305. The lowest BCUT2D eigenvalue weighted by atomic mass is 9.99. The molecular formula is C11H23N3O. The maximum atomic E-state index is 11.8. The summed E-state index contributed by atoms with van der Waals surface area (Å²) in [6.07, 6.45) is 2.22. The number of urea groups is 1. The Labute approximate surface area is 92.2 Å². The van der Waals surface area contributed by atoms with Crippen molar-refractivity contribution in [1.29, 1.82) is 0 Å². The fourth-order valence-electron chi connectivity index (χ4n) is 1.63. The first kappa shape index (κ1) is 12.3. The van der Waals surface area contributed by atoms with E-state index >= 15 is 0 Å². The molecule has 3 N–H and O–H groups in total. The molecule has 15 heavy (non-hydrogen) atoms. The average Bonchev–Trinajstić information content (AvgIpc) is 2.18. The van der Waals surface area contributed by atoms with Crippen LogP contribution >= 0.6 is 0 Å². The quantitative estimate of drug-likeness (QED) is 0.723. The first-order valence-electron chi connectivity index (χ1n) is 5.72. The molecule has 4 heteroatoms. The van der Waals surface area contributed by atoms with Gasteiger partial charge in [0.2, 0.25) is 0 Å². The molecule has 2 amide bonds. The highest BCUT2D eigenvalue weighted by molar-refractivity contribution is 5.75. The summed E-state index contributed by atoms with van der Waals surface area (Å²) in [5.41, 5.74) is 5.27. The zero-order chi connectivity index (χ0) is 11.5. The Bertz CT molecular complexity index is 220. The number of nitrogens with two attached hydrogens (primary N) is 1. The normalized spacial score (nSPS) is 19.1. The number of carbonyl (C=O) groups is 1. The Kier molecular flexibility index (Phi) is 3.97. The zero-order valence-corrected chi connectivity index (χ0v) is 10.0. The second kappa shape index (κ2) is 4.84. The molecule has 0 aromatic carbocycles. The number of carbonyl (C=O) groups excluding carboxylic acids is 1. The van der Waals surface area contributed by atoms with Crippen LogP contribution in [0.4, 0.5) is 4.79 Å². The lowest BCUT2D eigenvalue weighted by Gasteiger charge is -2.34. The van der Waals surface area contributed by atoms with Crippen LogP contribution in [0.5, 0.6) is 0 Å². The van der Waals surface area contributed by atoms with E-state index in [9.17, 15) is 4.79 Å². The molecule has 1 saturated heterocycles. The molecule has 0 unspecified atom stereocenters. The molecule has 0 aromatic rings. The van der Waals surface area contributed by atoms with E-state index in [2.05, 4.69) is 12.2 Å². The molecule has 88 valence electrons. The predicted octanol–water partition coefficient (Wildman–Crippen LogP) is 1.17. The first-order valence-corrected chi connectivity index (χ1v) is 5.72. The highest BCUT2D eigenvalue weighted by atomic mass is 16.2. The zero-order valence-electron chi connectivity index (χ0n) is 10.0. The third kappa shape index (κ3) is 3.70. The lowest BCUT2D eigenvalue weighted by molar-refractivity contribution is 0.165. The van der Waals surface area contributed by atoms with Gasteiger partial charge in [-0.2, -0.15) is 0 Å². The molecule has 0 aromatic heterocycles. The average molecular weight is 213 g/mol. The second-order valence-corrected chi connectivity index (χ2v) is 5.19. The molecule has 0 spiro atoms. The molecule has 1 fully saturated rings. The number of nitrogens with one attached hydrogen (secondary N) is 1. The summed E-state index contributed by atoms with van der Waals surface area (Å²) < 4.78 is 0. The molecule has 1 rings (SSSR count). The van der Waals surface area contributed by atoms with Gasteiger partial charge in [-0.25, -0.2) is 4.79 Å². The van der Waals surface area contributed by atoms with E-state index < -0.39 is 0 Å². The van der Waals surface area contributed by atoms with Gasteiger partial charge in [-0.05, 0) is 32.6 Å². The van der Waals surface area contributed by atoms with Crippen LogP contribution in [0.15, 0.2) is 0 Å². The van der Waals surface area contributed by atoms with Crippen molar-refractivity contribution in [2.24, 2.45) is 11.7 Å². The van der Waals surface area contributed by atoms with Crippen LogP contribution in [0.1, 0.15) is 33.6 Å². The van der Waals surface area contributed by atoms with E-state index in [0.29, 0.717) is 6.54 Å². The van der Waals surface area contributed by atoms with Crippen molar-refractivity contribution in [2.45, 2.75) is 39.2 Å². The van der Waals surface area contributed by atoms with E-state index in [1.807, 2.05) is 18.7 Å². The summed E-state index contributed by atoms with van der Waals surface area (Å²) >= 11 is 0. The predicted molar refractivity (Wildman–Crippen MR) is 61.6 cm³/mol. The topological polar surface area (TPSA) is 58.4 Å². The molecule has 0 saturated carbocycles. The van der Waals surface area contributed by atoms with Gasteiger partial charge in [0, 0.05) is 25.2 Å². The van der Waals surface area contributed by atoms with Gasteiger partial charge in [0.25, 0.3) is 0 Å². The molecule has 1 aliphatic heterocycles. The van der Waals surface area contributed by atoms with Crippen LogP contribution in [0, 0.1) is 5.92 Å². The van der Waals surface area contributed by atoms with Crippen LogP contribution in [0.25, 0.3) is 0 Å². The number of hydrogen-bond donors (Lipinski definition) is 2. The maximum Gasteiger partial charge on any atom is 0.317 e. The fourth-order valence-corrected chi connectivity index (χ4v) is 1.63. The summed E-state index contributed by atoms with van der Waals surface area (Å²) in [5, 5.41) is 2.95. The number of amides is 2. The van der Waals surface area contributed by atoms with E-state index in [4.69, 9.17) is 5.73 Å². The molecular weight excluding hydrogens is 190 g/mol. The van der Waals surface area contributed by atoms with Crippen molar-refractivity contribution in [2.75, 3.05) is 19.6 Å². The van der Waals surface area contributed by atoms with Gasteiger partial charge in [-0.15, -0.1) is 0 Å². The van der Waals surface area contributed by atoms with Crippen LogP contribution in [-0.2, 0) is 0 Å². The molecule has 0 bridgehead atoms. The highest BCUT2D eigenvalue weighted by Gasteiger charge is 2.24. The van der Waals surface area contributed by atoms with E-state index in [1.165, 1.54) is 0 Å².